The molecule has 5 heteroatoms. The van der Waals surface area contributed by atoms with Gasteiger partial charge in [0.1, 0.15) is 11.6 Å². The van der Waals surface area contributed by atoms with E-state index in [1.54, 1.807) is 6.20 Å². The van der Waals surface area contributed by atoms with Crippen LogP contribution in [-0.2, 0) is 20.1 Å². The number of imidazole rings is 1. The van der Waals surface area contributed by atoms with Gasteiger partial charge < -0.3 is 9.88 Å². The molecule has 0 radical (unpaired) electrons. The molecule has 0 unspecified atom stereocenters. The van der Waals surface area contributed by atoms with Gasteiger partial charge in [-0.3, -0.25) is 4.90 Å². The van der Waals surface area contributed by atoms with Gasteiger partial charge in [0.25, 0.3) is 0 Å². The van der Waals surface area contributed by atoms with Crippen LogP contribution in [0, 0.1) is 0 Å². The van der Waals surface area contributed by atoms with Gasteiger partial charge in [-0.1, -0.05) is 18.2 Å². The molecule has 0 fully saturated rings. The van der Waals surface area contributed by atoms with Crippen molar-refractivity contribution in [1.82, 2.24) is 19.4 Å². The van der Waals surface area contributed by atoms with Crippen LogP contribution in [0.3, 0.4) is 0 Å². The largest absolute Gasteiger partial charge is 0.373 e. The molecule has 0 aliphatic rings. The zero-order chi connectivity index (χ0) is 15.5. The standard InChI is InChI=1S/C17H21N5/c1-18-17-13(7-6-10-19-17)11-21(2)12-16-20-14-8-4-5-9-15(14)22(16)3/h4-10H,11-12H2,1-3H3,(H,18,19). The van der Waals surface area contributed by atoms with Crippen molar-refractivity contribution >= 4 is 16.9 Å². The summed E-state index contributed by atoms with van der Waals surface area (Å²) in [5.74, 6) is 2.00. The number of hydrogen-bond donors (Lipinski definition) is 1. The summed E-state index contributed by atoms with van der Waals surface area (Å²) in [5, 5.41) is 3.14. The minimum Gasteiger partial charge on any atom is -0.373 e. The molecule has 1 aromatic carbocycles. The highest BCUT2D eigenvalue weighted by atomic mass is 15.2. The third-order valence-corrected chi connectivity index (χ3v) is 3.86. The number of hydrogen-bond acceptors (Lipinski definition) is 4. The lowest BCUT2D eigenvalue weighted by Gasteiger charge is -2.18. The first-order valence-electron chi connectivity index (χ1n) is 7.39. The molecule has 0 atom stereocenters. The van der Waals surface area contributed by atoms with Crippen molar-refractivity contribution in [2.75, 3.05) is 19.4 Å². The molecule has 0 saturated heterocycles. The number of nitrogens with one attached hydrogen (secondary N) is 1. The number of fused-ring (bicyclic) bond motifs is 1. The van der Waals surface area contributed by atoms with Gasteiger partial charge in [0.15, 0.2) is 0 Å². The first kappa shape index (κ1) is 14.5. The maximum atomic E-state index is 4.73. The van der Waals surface area contributed by atoms with Crippen LogP contribution in [0.4, 0.5) is 5.82 Å². The number of para-hydroxylation sites is 2. The van der Waals surface area contributed by atoms with Gasteiger partial charge >= 0.3 is 0 Å². The SMILES string of the molecule is CNc1ncccc1CN(C)Cc1nc2ccccc2n1C. The van der Waals surface area contributed by atoms with Gasteiger partial charge in [0, 0.05) is 32.4 Å². The number of nitrogens with zero attached hydrogens (tertiary/aromatic N) is 4. The molecule has 0 bridgehead atoms. The summed E-state index contributed by atoms with van der Waals surface area (Å²) in [5.41, 5.74) is 3.40. The lowest BCUT2D eigenvalue weighted by atomic mass is 10.2. The molecular weight excluding hydrogens is 274 g/mol. The van der Waals surface area contributed by atoms with Crippen molar-refractivity contribution in [3.05, 3.63) is 54.0 Å². The highest BCUT2D eigenvalue weighted by Crippen LogP contribution is 2.17. The minimum atomic E-state index is 0.795. The molecular formula is C17H21N5. The summed E-state index contributed by atoms with van der Waals surface area (Å²) in [6, 6.07) is 12.3. The first-order chi connectivity index (χ1) is 10.7. The minimum absolute atomic E-state index is 0.795. The molecule has 0 spiro atoms. The quantitative estimate of drug-likeness (QED) is 0.786. The van der Waals surface area contributed by atoms with E-state index in [-0.39, 0.29) is 0 Å². The number of rotatable bonds is 5. The fourth-order valence-corrected chi connectivity index (χ4v) is 2.72. The lowest BCUT2D eigenvalue weighted by molar-refractivity contribution is 0.308. The highest BCUT2D eigenvalue weighted by molar-refractivity contribution is 5.75. The summed E-state index contributed by atoms with van der Waals surface area (Å²) in [6.07, 6.45) is 1.81. The van der Waals surface area contributed by atoms with Gasteiger partial charge in [-0.15, -0.1) is 0 Å². The molecule has 3 rings (SSSR count). The van der Waals surface area contributed by atoms with Crippen molar-refractivity contribution in [1.29, 1.82) is 0 Å². The Morgan fingerprint density at radius 2 is 1.95 bits per heavy atom. The Labute approximate surface area is 130 Å². The summed E-state index contributed by atoms with van der Waals surface area (Å²) in [7, 11) is 6.07. The molecule has 0 aliphatic heterocycles. The van der Waals surface area contributed by atoms with E-state index in [9.17, 15) is 0 Å². The topological polar surface area (TPSA) is 46.0 Å². The number of anilines is 1. The van der Waals surface area contributed by atoms with Gasteiger partial charge in [0.05, 0.1) is 17.6 Å². The van der Waals surface area contributed by atoms with Crippen LogP contribution in [0.5, 0.6) is 0 Å². The lowest BCUT2D eigenvalue weighted by Crippen LogP contribution is -2.20. The van der Waals surface area contributed by atoms with E-state index in [1.165, 1.54) is 11.1 Å². The number of pyridine rings is 1. The van der Waals surface area contributed by atoms with Crippen molar-refractivity contribution in [3.8, 4) is 0 Å². The monoisotopic (exact) mass is 295 g/mol. The van der Waals surface area contributed by atoms with Crippen LogP contribution in [0.15, 0.2) is 42.6 Å². The highest BCUT2D eigenvalue weighted by Gasteiger charge is 2.11. The van der Waals surface area contributed by atoms with Crippen LogP contribution >= 0.6 is 0 Å². The van der Waals surface area contributed by atoms with Gasteiger partial charge in [-0.25, -0.2) is 9.97 Å². The van der Waals surface area contributed by atoms with E-state index < -0.39 is 0 Å². The zero-order valence-electron chi connectivity index (χ0n) is 13.2. The molecule has 2 heterocycles. The van der Waals surface area contributed by atoms with Crippen LogP contribution in [-0.4, -0.2) is 33.5 Å². The Morgan fingerprint density at radius 3 is 2.73 bits per heavy atom. The summed E-state index contributed by atoms with van der Waals surface area (Å²) < 4.78 is 2.16. The van der Waals surface area contributed by atoms with Crippen molar-refractivity contribution < 1.29 is 0 Å². The maximum Gasteiger partial charge on any atom is 0.130 e. The Morgan fingerprint density at radius 1 is 1.14 bits per heavy atom. The second-order valence-corrected chi connectivity index (χ2v) is 5.51. The number of benzene rings is 1. The predicted molar refractivity (Wildman–Crippen MR) is 89.7 cm³/mol. The summed E-state index contributed by atoms with van der Waals surface area (Å²) in [4.78, 5) is 11.3. The van der Waals surface area contributed by atoms with E-state index in [4.69, 9.17) is 4.98 Å². The molecule has 3 aromatic rings. The Balaban J connectivity index is 1.78. The predicted octanol–water partition coefficient (Wildman–Crippen LogP) is 2.64. The summed E-state index contributed by atoms with van der Waals surface area (Å²) >= 11 is 0. The van der Waals surface area contributed by atoms with E-state index >= 15 is 0 Å². The molecule has 22 heavy (non-hydrogen) atoms. The average Bonchev–Trinajstić information content (AvgIpc) is 2.84. The fraction of sp³-hybridized carbons (Fsp3) is 0.294. The van der Waals surface area contributed by atoms with E-state index in [0.717, 1.165) is 30.2 Å². The Bertz CT molecular complexity index is 778. The molecule has 0 amide bonds. The van der Waals surface area contributed by atoms with Gasteiger partial charge in [-0.2, -0.15) is 0 Å². The third-order valence-electron chi connectivity index (χ3n) is 3.86. The second kappa shape index (κ2) is 6.15. The van der Waals surface area contributed by atoms with Crippen LogP contribution in [0.2, 0.25) is 0 Å². The van der Waals surface area contributed by atoms with Crippen molar-refractivity contribution in [2.45, 2.75) is 13.1 Å². The van der Waals surface area contributed by atoms with Crippen LogP contribution in [0.1, 0.15) is 11.4 Å². The third kappa shape index (κ3) is 2.80. The number of aromatic nitrogens is 3. The average molecular weight is 295 g/mol. The first-order valence-corrected chi connectivity index (χ1v) is 7.39. The molecule has 1 N–H and O–H groups in total. The van der Waals surface area contributed by atoms with Crippen LogP contribution in [0.25, 0.3) is 11.0 Å². The second-order valence-electron chi connectivity index (χ2n) is 5.51. The van der Waals surface area contributed by atoms with Crippen molar-refractivity contribution in [3.63, 3.8) is 0 Å². The van der Waals surface area contributed by atoms with Crippen LogP contribution < -0.4 is 5.32 Å². The van der Waals surface area contributed by atoms with Gasteiger partial charge in [-0.05, 0) is 25.2 Å². The zero-order valence-corrected chi connectivity index (χ0v) is 13.2. The smallest absolute Gasteiger partial charge is 0.130 e. The summed E-state index contributed by atoms with van der Waals surface area (Å²) in [6.45, 7) is 1.62. The fourth-order valence-electron chi connectivity index (χ4n) is 2.72. The molecule has 114 valence electrons. The molecule has 5 nitrogen and oxygen atoms in total. The maximum absolute atomic E-state index is 4.73. The van der Waals surface area contributed by atoms with E-state index in [0.29, 0.717) is 0 Å². The van der Waals surface area contributed by atoms with E-state index in [1.807, 2.05) is 25.2 Å². The molecule has 0 aliphatic carbocycles. The van der Waals surface area contributed by atoms with E-state index in [2.05, 4.69) is 52.1 Å². The molecule has 0 saturated carbocycles. The molecule has 2 aromatic heterocycles. The van der Waals surface area contributed by atoms with Gasteiger partial charge in [0.2, 0.25) is 0 Å². The number of aryl methyl sites for hydroxylation is 1. The van der Waals surface area contributed by atoms with Crippen molar-refractivity contribution in [2.24, 2.45) is 7.05 Å². The normalized spacial score (nSPS) is 11.3. The Kier molecular flexibility index (Phi) is 4.06. The Hall–Kier alpha value is -2.40.